The van der Waals surface area contributed by atoms with Crippen LogP contribution >= 0.6 is 0 Å². The maximum atomic E-state index is 8.61. The van der Waals surface area contributed by atoms with Gasteiger partial charge in [-0.1, -0.05) is 0 Å². The van der Waals surface area contributed by atoms with Gasteiger partial charge >= 0.3 is 0 Å². The maximum Gasteiger partial charge on any atom is 0.0659 e. The molecule has 4 aromatic rings. The molecule has 6 rings (SSSR count). The number of nitrogens with one attached hydrogen (secondary N) is 2. The molecule has 0 spiro atoms. The molecule has 2 aliphatic rings. The number of phenols is 1. The molecule has 0 radical (unpaired) electrons. The van der Waals surface area contributed by atoms with E-state index in [2.05, 4.69) is 56.3 Å². The minimum atomic E-state index is 0. The molecule has 5 heterocycles. The van der Waals surface area contributed by atoms with Gasteiger partial charge in [-0.25, -0.2) is 9.97 Å². The Bertz CT molecular complexity index is 1360. The predicted octanol–water partition coefficient (Wildman–Crippen LogP) is 5.85. The Labute approximate surface area is 198 Å². The molecular formula is C26H19N4OZn-. The summed E-state index contributed by atoms with van der Waals surface area (Å²) in [4.78, 5) is 16.0. The topological polar surface area (TPSA) is 77.6 Å². The van der Waals surface area contributed by atoms with Gasteiger partial charge in [0.15, 0.2) is 0 Å². The second-order valence-corrected chi connectivity index (χ2v) is 7.16. The third kappa shape index (κ3) is 5.29. The van der Waals surface area contributed by atoms with Crippen molar-refractivity contribution in [2.75, 3.05) is 0 Å². The summed E-state index contributed by atoms with van der Waals surface area (Å²) in [6, 6.07) is 25.7. The van der Waals surface area contributed by atoms with Crippen LogP contribution in [0.2, 0.25) is 0 Å². The van der Waals surface area contributed by atoms with Gasteiger partial charge in [0, 0.05) is 47.3 Å². The standard InChI is InChI=1S/C20H14N4.C6H5O.Zn/c1-2-14-10-16-5-6-18(23-16)12-20-8-7-19(24-20)11-17-4-3-15(22-17)9-13(1)21-14;7-6-4-2-1-3-5-6;/h1-12,21-22H;2-5,7H;/q;-1;. The Kier molecular flexibility index (Phi) is 6.43. The van der Waals surface area contributed by atoms with Crippen LogP contribution < -0.4 is 0 Å². The Morgan fingerprint density at radius 3 is 1.38 bits per heavy atom. The van der Waals surface area contributed by atoms with Crippen molar-refractivity contribution in [1.82, 2.24) is 19.9 Å². The van der Waals surface area contributed by atoms with E-state index in [-0.39, 0.29) is 19.5 Å². The summed E-state index contributed by atoms with van der Waals surface area (Å²) in [5.74, 6) is 0.291. The van der Waals surface area contributed by atoms with Crippen LogP contribution in [0.3, 0.4) is 0 Å². The first kappa shape index (κ1) is 21.5. The molecule has 0 fully saturated rings. The number of aromatic hydroxyl groups is 1. The quantitative estimate of drug-likeness (QED) is 0.193. The molecule has 3 N–H and O–H groups in total. The summed E-state index contributed by atoms with van der Waals surface area (Å²) in [6.07, 6.45) is 8.05. The summed E-state index contributed by atoms with van der Waals surface area (Å²) >= 11 is 0. The molecule has 0 saturated heterocycles. The summed E-state index contributed by atoms with van der Waals surface area (Å²) in [5.41, 5.74) is 7.86. The van der Waals surface area contributed by atoms with Gasteiger partial charge in [0.2, 0.25) is 0 Å². The van der Waals surface area contributed by atoms with Gasteiger partial charge in [-0.05, 0) is 72.8 Å². The zero-order valence-corrected chi connectivity index (χ0v) is 20.3. The number of nitrogens with zero attached hydrogens (tertiary/aromatic N) is 2. The second-order valence-electron chi connectivity index (χ2n) is 7.16. The van der Waals surface area contributed by atoms with E-state index in [1.54, 1.807) is 24.3 Å². The van der Waals surface area contributed by atoms with Gasteiger partial charge in [-0.2, -0.15) is 18.2 Å². The van der Waals surface area contributed by atoms with Crippen molar-refractivity contribution in [2.24, 2.45) is 0 Å². The third-order valence-electron chi connectivity index (χ3n) is 4.74. The zero-order valence-electron chi connectivity index (χ0n) is 17.3. The number of benzene rings is 1. The maximum absolute atomic E-state index is 8.61. The number of rotatable bonds is 0. The molecule has 0 saturated carbocycles. The Morgan fingerprint density at radius 1 is 0.562 bits per heavy atom. The monoisotopic (exact) mass is 467 g/mol. The van der Waals surface area contributed by atoms with E-state index in [4.69, 9.17) is 5.11 Å². The number of aromatic nitrogens is 4. The summed E-state index contributed by atoms with van der Waals surface area (Å²) in [7, 11) is 0. The van der Waals surface area contributed by atoms with Crippen molar-refractivity contribution in [2.45, 2.75) is 0 Å². The Balaban J connectivity index is 0.000000265. The molecule has 0 unspecified atom stereocenters. The number of hydrogen-bond acceptors (Lipinski definition) is 3. The second kappa shape index (κ2) is 9.59. The van der Waals surface area contributed by atoms with Crippen molar-refractivity contribution in [1.29, 1.82) is 0 Å². The third-order valence-corrected chi connectivity index (χ3v) is 4.74. The van der Waals surface area contributed by atoms with Gasteiger partial charge in [0.1, 0.15) is 0 Å². The fourth-order valence-electron chi connectivity index (χ4n) is 3.32. The molecule has 2 aliphatic heterocycles. The number of phenolic OH excluding ortho intramolecular Hbond substituents is 1. The van der Waals surface area contributed by atoms with Crippen LogP contribution in [0, 0.1) is 6.07 Å². The molecule has 1 aromatic carbocycles. The van der Waals surface area contributed by atoms with Crippen molar-refractivity contribution in [3.8, 4) is 5.75 Å². The van der Waals surface area contributed by atoms with E-state index >= 15 is 0 Å². The molecule has 3 aromatic heterocycles. The van der Waals surface area contributed by atoms with Gasteiger partial charge in [-0.15, -0.1) is 12.1 Å². The first-order valence-corrected chi connectivity index (χ1v) is 9.89. The average molecular weight is 469 g/mol. The minimum Gasteiger partial charge on any atom is -0.533 e. The summed E-state index contributed by atoms with van der Waals surface area (Å²) in [6.45, 7) is 0. The first-order valence-electron chi connectivity index (χ1n) is 9.89. The van der Waals surface area contributed by atoms with E-state index in [9.17, 15) is 0 Å². The van der Waals surface area contributed by atoms with E-state index in [0.29, 0.717) is 5.75 Å². The number of fused-ring (bicyclic) bond motifs is 8. The Morgan fingerprint density at radius 2 is 0.969 bits per heavy atom. The van der Waals surface area contributed by atoms with Crippen LogP contribution in [0.5, 0.6) is 5.75 Å². The Hall–Kier alpha value is -3.76. The number of hydrogen-bond donors (Lipinski definition) is 3. The van der Waals surface area contributed by atoms with E-state index in [1.165, 1.54) is 0 Å². The molecule has 32 heavy (non-hydrogen) atoms. The van der Waals surface area contributed by atoms with Crippen molar-refractivity contribution in [3.63, 3.8) is 0 Å². The molecule has 6 heteroatoms. The number of H-pyrrole nitrogens is 2. The van der Waals surface area contributed by atoms with Gasteiger partial charge in [0.25, 0.3) is 0 Å². The van der Waals surface area contributed by atoms with Gasteiger partial charge in [-0.3, -0.25) is 0 Å². The molecule has 152 valence electrons. The van der Waals surface area contributed by atoms with Crippen LogP contribution in [0.4, 0.5) is 0 Å². The zero-order chi connectivity index (χ0) is 21.0. The molecule has 0 amide bonds. The van der Waals surface area contributed by atoms with Crippen molar-refractivity contribution < 1.29 is 24.6 Å². The first-order chi connectivity index (χ1) is 15.2. The minimum absolute atomic E-state index is 0. The van der Waals surface area contributed by atoms with E-state index in [1.807, 2.05) is 42.5 Å². The van der Waals surface area contributed by atoms with Crippen molar-refractivity contribution >= 4 is 46.4 Å². The fraction of sp³-hybridized carbons (Fsp3) is 0. The largest absolute Gasteiger partial charge is 0.533 e. The number of aromatic amines is 2. The molecule has 0 aliphatic carbocycles. The molecular weight excluding hydrogens is 450 g/mol. The fourth-order valence-corrected chi connectivity index (χ4v) is 3.32. The van der Waals surface area contributed by atoms with Crippen LogP contribution in [-0.2, 0) is 19.5 Å². The smallest absolute Gasteiger partial charge is 0.0659 e. The van der Waals surface area contributed by atoms with Crippen molar-refractivity contribution in [3.05, 3.63) is 102 Å². The molecule has 0 atom stereocenters. The van der Waals surface area contributed by atoms with E-state index in [0.717, 1.165) is 44.8 Å². The predicted molar refractivity (Wildman–Crippen MR) is 126 cm³/mol. The van der Waals surface area contributed by atoms with Crippen LogP contribution in [0.1, 0.15) is 22.8 Å². The summed E-state index contributed by atoms with van der Waals surface area (Å²) in [5, 5.41) is 8.61. The summed E-state index contributed by atoms with van der Waals surface area (Å²) < 4.78 is 0. The SMILES string of the molecule is C1=Cc2cc3ccc(cc4ccc(cc5nc(cc1n2)C=C5)[nH]4)[nH]3.Oc1cc[c-]cc1.[Zn]. The molecule has 8 bridgehead atoms. The van der Waals surface area contributed by atoms with Gasteiger partial charge in [0.05, 0.1) is 22.8 Å². The van der Waals surface area contributed by atoms with Crippen LogP contribution in [0.25, 0.3) is 46.4 Å². The van der Waals surface area contributed by atoms with Gasteiger partial charge < -0.3 is 15.1 Å². The average Bonchev–Trinajstić information content (AvgIpc) is 3.55. The van der Waals surface area contributed by atoms with Crippen LogP contribution in [-0.4, -0.2) is 25.0 Å². The van der Waals surface area contributed by atoms with E-state index < -0.39 is 0 Å². The molecule has 5 nitrogen and oxygen atoms in total. The van der Waals surface area contributed by atoms with Crippen LogP contribution in [0.15, 0.2) is 72.8 Å². The normalized spacial score (nSPS) is 11.4.